The summed E-state index contributed by atoms with van der Waals surface area (Å²) in [5.41, 5.74) is 1.06. The second kappa shape index (κ2) is 2.73. The minimum Gasteiger partial charge on any atom is -0.331 e. The Bertz CT molecular complexity index is 299. The van der Waals surface area contributed by atoms with Crippen LogP contribution in [-0.4, -0.2) is 15.3 Å². The molecule has 0 saturated heterocycles. The van der Waals surface area contributed by atoms with E-state index in [1.54, 1.807) is 13.1 Å². The van der Waals surface area contributed by atoms with Crippen LogP contribution < -0.4 is 0 Å². The Morgan fingerprint density at radius 2 is 2.50 bits per heavy atom. The zero-order valence-corrected chi connectivity index (χ0v) is 7.16. The molecule has 0 spiro atoms. The number of hydrogen-bond donors (Lipinski definition) is 0. The first-order chi connectivity index (χ1) is 5.77. The molecule has 0 bridgehead atoms. The van der Waals surface area contributed by atoms with Gasteiger partial charge in [0.2, 0.25) is 0 Å². The molecule has 1 aromatic rings. The molecule has 3 heteroatoms. The molecule has 0 radical (unpaired) electrons. The first kappa shape index (κ1) is 7.53. The molecule has 12 heavy (non-hydrogen) atoms. The van der Waals surface area contributed by atoms with E-state index in [0.29, 0.717) is 12.5 Å². The van der Waals surface area contributed by atoms with Gasteiger partial charge in [0.05, 0.1) is 6.33 Å². The van der Waals surface area contributed by atoms with Gasteiger partial charge < -0.3 is 4.57 Å². The molecule has 0 atom stereocenters. The van der Waals surface area contributed by atoms with Gasteiger partial charge in [-0.05, 0) is 19.8 Å². The summed E-state index contributed by atoms with van der Waals surface area (Å²) < 4.78 is 2.13. The van der Waals surface area contributed by atoms with Gasteiger partial charge in [0.1, 0.15) is 5.78 Å². The summed E-state index contributed by atoms with van der Waals surface area (Å²) in [6.45, 7) is 1.62. The van der Waals surface area contributed by atoms with Gasteiger partial charge in [-0.15, -0.1) is 0 Å². The third-order valence-electron chi connectivity index (χ3n) is 2.12. The fraction of sp³-hybridized carbons (Fsp3) is 0.556. The van der Waals surface area contributed by atoms with Crippen LogP contribution in [0.4, 0.5) is 0 Å². The zero-order valence-electron chi connectivity index (χ0n) is 7.16. The van der Waals surface area contributed by atoms with Crippen LogP contribution in [0.2, 0.25) is 0 Å². The molecule has 1 heterocycles. The molecular formula is C9H12N2O. The van der Waals surface area contributed by atoms with Crippen LogP contribution in [0.25, 0.3) is 0 Å². The van der Waals surface area contributed by atoms with Gasteiger partial charge in [-0.1, -0.05) is 0 Å². The Morgan fingerprint density at radius 3 is 3.08 bits per heavy atom. The third kappa shape index (κ3) is 1.40. The van der Waals surface area contributed by atoms with E-state index in [-0.39, 0.29) is 5.78 Å². The Kier molecular flexibility index (Phi) is 1.71. The van der Waals surface area contributed by atoms with Crippen molar-refractivity contribution in [2.75, 3.05) is 0 Å². The maximum Gasteiger partial charge on any atom is 0.135 e. The lowest BCUT2D eigenvalue weighted by Gasteiger charge is -2.03. The van der Waals surface area contributed by atoms with Gasteiger partial charge in [0.15, 0.2) is 0 Å². The molecule has 0 aliphatic heterocycles. The standard InChI is InChI=1S/C9H12N2O/c1-7(12)4-9-5-10-6-11(9)8-2-3-8/h5-6,8H,2-4H2,1H3. The maximum absolute atomic E-state index is 10.9. The number of hydrogen-bond acceptors (Lipinski definition) is 2. The number of aromatic nitrogens is 2. The van der Waals surface area contributed by atoms with Crippen LogP contribution in [0.3, 0.4) is 0 Å². The highest BCUT2D eigenvalue weighted by Gasteiger charge is 2.25. The predicted octanol–water partition coefficient (Wildman–Crippen LogP) is 1.35. The van der Waals surface area contributed by atoms with E-state index in [1.807, 2.05) is 6.33 Å². The number of nitrogens with zero attached hydrogens (tertiary/aromatic N) is 2. The van der Waals surface area contributed by atoms with Gasteiger partial charge in [-0.25, -0.2) is 4.98 Å². The summed E-state index contributed by atoms with van der Waals surface area (Å²) in [7, 11) is 0. The van der Waals surface area contributed by atoms with Crippen molar-refractivity contribution in [2.24, 2.45) is 0 Å². The zero-order chi connectivity index (χ0) is 8.55. The first-order valence-electron chi connectivity index (χ1n) is 4.27. The fourth-order valence-corrected chi connectivity index (χ4v) is 1.41. The monoisotopic (exact) mass is 164 g/mol. The van der Waals surface area contributed by atoms with Crippen molar-refractivity contribution in [3.8, 4) is 0 Å². The van der Waals surface area contributed by atoms with Gasteiger partial charge in [-0.3, -0.25) is 4.79 Å². The Balaban J connectivity index is 2.18. The summed E-state index contributed by atoms with van der Waals surface area (Å²) in [5.74, 6) is 0.206. The van der Waals surface area contributed by atoms with Gasteiger partial charge in [0.25, 0.3) is 0 Å². The van der Waals surface area contributed by atoms with Crippen LogP contribution in [0, 0.1) is 0 Å². The highest BCUT2D eigenvalue weighted by Crippen LogP contribution is 2.35. The summed E-state index contributed by atoms with van der Waals surface area (Å²) >= 11 is 0. The molecule has 0 unspecified atom stereocenters. The summed E-state index contributed by atoms with van der Waals surface area (Å²) in [6, 6.07) is 0.627. The van der Waals surface area contributed by atoms with E-state index >= 15 is 0 Å². The van der Waals surface area contributed by atoms with Crippen LogP contribution >= 0.6 is 0 Å². The average molecular weight is 164 g/mol. The number of rotatable bonds is 3. The summed E-state index contributed by atoms with van der Waals surface area (Å²) in [5, 5.41) is 0. The second-order valence-electron chi connectivity index (χ2n) is 3.40. The molecule has 0 N–H and O–H groups in total. The van der Waals surface area contributed by atoms with Crippen LogP contribution in [-0.2, 0) is 11.2 Å². The number of imidazole rings is 1. The molecule has 1 aliphatic rings. The molecule has 3 nitrogen and oxygen atoms in total. The molecule has 1 aliphatic carbocycles. The maximum atomic E-state index is 10.9. The van der Waals surface area contributed by atoms with E-state index < -0.39 is 0 Å². The number of Topliss-reactive ketones (excluding diaryl/α,β-unsaturated/α-hetero) is 1. The van der Waals surface area contributed by atoms with E-state index in [2.05, 4.69) is 9.55 Å². The van der Waals surface area contributed by atoms with Crippen molar-refractivity contribution in [3.63, 3.8) is 0 Å². The van der Waals surface area contributed by atoms with Gasteiger partial charge in [-0.2, -0.15) is 0 Å². The highest BCUT2D eigenvalue weighted by atomic mass is 16.1. The molecule has 1 fully saturated rings. The quantitative estimate of drug-likeness (QED) is 0.675. The van der Waals surface area contributed by atoms with E-state index in [1.165, 1.54) is 12.8 Å². The van der Waals surface area contributed by atoms with Gasteiger partial charge >= 0.3 is 0 Å². The Labute approximate surface area is 71.4 Å². The van der Waals surface area contributed by atoms with Crippen LogP contribution in [0.15, 0.2) is 12.5 Å². The largest absolute Gasteiger partial charge is 0.331 e. The summed E-state index contributed by atoms with van der Waals surface area (Å²) in [4.78, 5) is 14.9. The topological polar surface area (TPSA) is 34.9 Å². The van der Waals surface area contributed by atoms with Crippen molar-refractivity contribution in [1.82, 2.24) is 9.55 Å². The summed E-state index contributed by atoms with van der Waals surface area (Å²) in [6.07, 6.45) is 6.62. The fourth-order valence-electron chi connectivity index (χ4n) is 1.41. The van der Waals surface area contributed by atoms with E-state index in [0.717, 1.165) is 5.69 Å². The van der Waals surface area contributed by atoms with E-state index in [9.17, 15) is 4.79 Å². The molecule has 1 saturated carbocycles. The Hall–Kier alpha value is -1.12. The van der Waals surface area contributed by atoms with E-state index in [4.69, 9.17) is 0 Å². The van der Waals surface area contributed by atoms with Crippen molar-refractivity contribution in [1.29, 1.82) is 0 Å². The lowest BCUT2D eigenvalue weighted by molar-refractivity contribution is -0.116. The highest BCUT2D eigenvalue weighted by molar-refractivity contribution is 5.77. The average Bonchev–Trinajstić information content (AvgIpc) is 2.73. The number of carbonyl (C=O) groups is 1. The molecule has 0 amide bonds. The smallest absolute Gasteiger partial charge is 0.135 e. The minimum atomic E-state index is 0.206. The van der Waals surface area contributed by atoms with Crippen LogP contribution in [0.5, 0.6) is 0 Å². The SMILES string of the molecule is CC(=O)Cc1cncn1C1CC1. The lowest BCUT2D eigenvalue weighted by atomic mass is 10.2. The molecule has 1 aromatic heterocycles. The first-order valence-corrected chi connectivity index (χ1v) is 4.27. The van der Waals surface area contributed by atoms with Crippen molar-refractivity contribution in [2.45, 2.75) is 32.2 Å². The number of carbonyl (C=O) groups excluding carboxylic acids is 1. The molecule has 64 valence electrons. The minimum absolute atomic E-state index is 0.206. The normalized spacial score (nSPS) is 16.4. The molecule has 0 aromatic carbocycles. The lowest BCUT2D eigenvalue weighted by Crippen LogP contribution is -2.04. The van der Waals surface area contributed by atoms with Gasteiger partial charge in [0, 0.05) is 24.4 Å². The van der Waals surface area contributed by atoms with Crippen LogP contribution in [0.1, 0.15) is 31.5 Å². The Morgan fingerprint density at radius 1 is 1.75 bits per heavy atom. The third-order valence-corrected chi connectivity index (χ3v) is 2.12. The second-order valence-corrected chi connectivity index (χ2v) is 3.40. The van der Waals surface area contributed by atoms with Crippen molar-refractivity contribution in [3.05, 3.63) is 18.2 Å². The molecule has 2 rings (SSSR count). The number of ketones is 1. The molecular weight excluding hydrogens is 152 g/mol. The predicted molar refractivity (Wildman–Crippen MR) is 44.9 cm³/mol. The van der Waals surface area contributed by atoms with Crippen molar-refractivity contribution >= 4 is 5.78 Å². The van der Waals surface area contributed by atoms with Crippen molar-refractivity contribution < 1.29 is 4.79 Å².